The zero-order valence-electron chi connectivity index (χ0n) is 28.6. The second kappa shape index (κ2) is 11.7. The maximum Gasteiger partial charge on any atom is 0.145 e. The van der Waals surface area contributed by atoms with Gasteiger partial charge in [0.05, 0.1) is 33.1 Å². The first-order chi connectivity index (χ1) is 26.3. The van der Waals surface area contributed by atoms with Gasteiger partial charge in [-0.3, -0.25) is 9.55 Å². The molecule has 0 aliphatic rings. The van der Waals surface area contributed by atoms with Crippen LogP contribution in [0.1, 0.15) is 0 Å². The highest BCUT2D eigenvalue weighted by Crippen LogP contribution is 2.38. The summed E-state index contributed by atoms with van der Waals surface area (Å²) in [6.45, 7) is 0. The van der Waals surface area contributed by atoms with Gasteiger partial charge in [-0.1, -0.05) is 78.9 Å². The third-order valence-electron chi connectivity index (χ3n) is 10.6. The molecule has 0 aliphatic heterocycles. The van der Waals surface area contributed by atoms with E-state index < -0.39 is 0 Å². The van der Waals surface area contributed by atoms with Crippen molar-refractivity contribution < 1.29 is 0 Å². The highest BCUT2D eigenvalue weighted by atomic mass is 15.1. The summed E-state index contributed by atoms with van der Waals surface area (Å²) in [6, 6.07) is 63.0. The zero-order chi connectivity index (χ0) is 34.9. The van der Waals surface area contributed by atoms with Crippen molar-refractivity contribution in [3.63, 3.8) is 0 Å². The molecule has 4 heterocycles. The van der Waals surface area contributed by atoms with Gasteiger partial charge in [0, 0.05) is 56.6 Å². The summed E-state index contributed by atoms with van der Waals surface area (Å²) in [5.74, 6) is 0.897. The lowest BCUT2D eigenvalue weighted by Gasteiger charge is -2.12. The van der Waals surface area contributed by atoms with Crippen LogP contribution in [0, 0.1) is 0 Å². The van der Waals surface area contributed by atoms with Crippen molar-refractivity contribution in [1.29, 1.82) is 0 Å². The Kier molecular flexibility index (Phi) is 6.48. The van der Waals surface area contributed by atoms with E-state index >= 15 is 0 Å². The molecule has 11 rings (SSSR count). The van der Waals surface area contributed by atoms with E-state index in [1.807, 2.05) is 30.6 Å². The van der Waals surface area contributed by atoms with Gasteiger partial charge in [0.2, 0.25) is 0 Å². The molecule has 0 spiro atoms. The average molecular weight is 678 g/mol. The number of aromatic nitrogens is 5. The fourth-order valence-corrected chi connectivity index (χ4v) is 8.17. The van der Waals surface area contributed by atoms with E-state index in [1.165, 1.54) is 60.4 Å². The molecule has 0 saturated heterocycles. The van der Waals surface area contributed by atoms with Crippen molar-refractivity contribution in [2.24, 2.45) is 0 Å². The standard InChI is InChI=1S/C48H31N5/c1-2-10-35(11-3-1)51-43-15-7-4-12-38(43)40-30-33(18-24-45(40)51)34-19-25-46-41(31-34)39-13-5-8-16-44(39)52(46)36-20-22-37(23-21-36)53-47-17-9-6-14-42(47)50-48(53)32-26-28-49-29-27-32/h1-31H. The first kappa shape index (κ1) is 29.5. The Hall–Kier alpha value is -7.24. The van der Waals surface area contributed by atoms with Gasteiger partial charge in [-0.05, 0) is 108 Å². The van der Waals surface area contributed by atoms with Crippen LogP contribution in [0.15, 0.2) is 188 Å². The lowest BCUT2D eigenvalue weighted by Crippen LogP contribution is -1.99. The maximum absolute atomic E-state index is 5.02. The molecular weight excluding hydrogens is 647 g/mol. The summed E-state index contributed by atoms with van der Waals surface area (Å²) in [6.07, 6.45) is 3.64. The second-order valence-electron chi connectivity index (χ2n) is 13.5. The lowest BCUT2D eigenvalue weighted by atomic mass is 10.0. The molecule has 0 aliphatic carbocycles. The zero-order valence-corrected chi connectivity index (χ0v) is 28.6. The summed E-state index contributed by atoms with van der Waals surface area (Å²) in [5.41, 5.74) is 13.6. The number of rotatable bonds is 5. The topological polar surface area (TPSA) is 40.6 Å². The third-order valence-corrected chi connectivity index (χ3v) is 10.6. The molecule has 53 heavy (non-hydrogen) atoms. The fraction of sp³-hybridized carbons (Fsp3) is 0. The predicted octanol–water partition coefficient (Wildman–Crippen LogP) is 11.9. The van der Waals surface area contributed by atoms with Crippen molar-refractivity contribution >= 4 is 54.6 Å². The first-order valence-electron chi connectivity index (χ1n) is 17.9. The lowest BCUT2D eigenvalue weighted by molar-refractivity contribution is 1.09. The Morgan fingerprint density at radius 3 is 1.40 bits per heavy atom. The van der Waals surface area contributed by atoms with Crippen LogP contribution in [-0.2, 0) is 0 Å². The fourth-order valence-electron chi connectivity index (χ4n) is 8.17. The van der Waals surface area contributed by atoms with Crippen LogP contribution >= 0.6 is 0 Å². The Morgan fingerprint density at radius 2 is 0.792 bits per heavy atom. The minimum absolute atomic E-state index is 0.897. The number of pyridine rings is 1. The van der Waals surface area contributed by atoms with E-state index in [9.17, 15) is 0 Å². The van der Waals surface area contributed by atoms with E-state index in [0.29, 0.717) is 0 Å². The Balaban J connectivity index is 1.04. The largest absolute Gasteiger partial charge is 0.309 e. The minimum atomic E-state index is 0.897. The summed E-state index contributed by atoms with van der Waals surface area (Å²) in [7, 11) is 0. The van der Waals surface area contributed by atoms with Crippen LogP contribution in [-0.4, -0.2) is 23.7 Å². The monoisotopic (exact) mass is 677 g/mol. The summed E-state index contributed by atoms with van der Waals surface area (Å²) in [4.78, 5) is 9.26. The van der Waals surface area contributed by atoms with E-state index in [2.05, 4.69) is 176 Å². The molecule has 5 nitrogen and oxygen atoms in total. The molecule has 0 fully saturated rings. The number of para-hydroxylation sites is 5. The van der Waals surface area contributed by atoms with Gasteiger partial charge in [0.1, 0.15) is 5.82 Å². The molecule has 0 N–H and O–H groups in total. The molecule has 4 aromatic heterocycles. The van der Waals surface area contributed by atoms with Crippen molar-refractivity contribution in [2.45, 2.75) is 0 Å². The molecule has 248 valence electrons. The average Bonchev–Trinajstić information content (AvgIpc) is 3.89. The molecule has 0 bridgehead atoms. The number of hydrogen-bond donors (Lipinski definition) is 0. The molecule has 0 atom stereocenters. The van der Waals surface area contributed by atoms with E-state index in [4.69, 9.17) is 4.98 Å². The van der Waals surface area contributed by atoms with Gasteiger partial charge in [-0.2, -0.15) is 0 Å². The number of benzene rings is 7. The van der Waals surface area contributed by atoms with Crippen LogP contribution in [0.5, 0.6) is 0 Å². The number of imidazole rings is 1. The SMILES string of the molecule is c1ccc(-n2c3ccccc3c3cc(-c4ccc5c(c4)c4ccccc4n5-c4ccc(-n5c(-c6ccncc6)nc6ccccc65)cc4)ccc32)cc1. The van der Waals surface area contributed by atoms with Crippen molar-refractivity contribution in [3.05, 3.63) is 188 Å². The first-order valence-corrected chi connectivity index (χ1v) is 17.9. The van der Waals surface area contributed by atoms with Crippen molar-refractivity contribution in [2.75, 3.05) is 0 Å². The van der Waals surface area contributed by atoms with E-state index in [0.717, 1.165) is 33.8 Å². The van der Waals surface area contributed by atoms with Crippen molar-refractivity contribution in [1.82, 2.24) is 23.7 Å². The smallest absolute Gasteiger partial charge is 0.145 e. The van der Waals surface area contributed by atoms with Gasteiger partial charge in [-0.25, -0.2) is 4.98 Å². The van der Waals surface area contributed by atoms with Gasteiger partial charge in [-0.15, -0.1) is 0 Å². The molecule has 5 heteroatoms. The van der Waals surface area contributed by atoms with Crippen LogP contribution < -0.4 is 0 Å². The maximum atomic E-state index is 5.02. The van der Waals surface area contributed by atoms with Gasteiger partial charge in [0.25, 0.3) is 0 Å². The minimum Gasteiger partial charge on any atom is -0.309 e. The summed E-state index contributed by atoms with van der Waals surface area (Å²) in [5, 5.41) is 4.97. The molecule has 11 aromatic rings. The predicted molar refractivity (Wildman–Crippen MR) is 218 cm³/mol. The van der Waals surface area contributed by atoms with Crippen LogP contribution in [0.3, 0.4) is 0 Å². The summed E-state index contributed by atoms with van der Waals surface area (Å²) < 4.78 is 6.98. The molecule has 0 amide bonds. The second-order valence-corrected chi connectivity index (χ2v) is 13.5. The molecule has 7 aromatic carbocycles. The normalized spacial score (nSPS) is 11.8. The Morgan fingerprint density at radius 1 is 0.321 bits per heavy atom. The highest BCUT2D eigenvalue weighted by molar-refractivity contribution is 6.12. The third kappa shape index (κ3) is 4.57. The van der Waals surface area contributed by atoms with Gasteiger partial charge in [0.15, 0.2) is 0 Å². The summed E-state index contributed by atoms with van der Waals surface area (Å²) >= 11 is 0. The van der Waals surface area contributed by atoms with E-state index in [-0.39, 0.29) is 0 Å². The molecular formula is C48H31N5. The van der Waals surface area contributed by atoms with Crippen molar-refractivity contribution in [3.8, 4) is 39.6 Å². The van der Waals surface area contributed by atoms with Gasteiger partial charge >= 0.3 is 0 Å². The Bertz CT molecular complexity index is 3150. The van der Waals surface area contributed by atoms with Crippen LogP contribution in [0.25, 0.3) is 94.2 Å². The van der Waals surface area contributed by atoms with E-state index in [1.54, 1.807) is 0 Å². The number of hydrogen-bond acceptors (Lipinski definition) is 2. The van der Waals surface area contributed by atoms with Crippen LogP contribution in [0.4, 0.5) is 0 Å². The van der Waals surface area contributed by atoms with Gasteiger partial charge < -0.3 is 9.13 Å². The molecule has 0 radical (unpaired) electrons. The quantitative estimate of drug-likeness (QED) is 0.182. The molecule has 0 saturated carbocycles. The molecule has 0 unspecified atom stereocenters. The highest BCUT2D eigenvalue weighted by Gasteiger charge is 2.18. The number of nitrogens with zero attached hydrogens (tertiary/aromatic N) is 5. The Labute approximate surface area is 305 Å². The number of fused-ring (bicyclic) bond motifs is 7. The van der Waals surface area contributed by atoms with Crippen LogP contribution in [0.2, 0.25) is 0 Å².